The molecule has 0 bridgehead atoms. The minimum Gasteiger partial charge on any atom is -0.343 e. The van der Waals surface area contributed by atoms with Crippen molar-refractivity contribution < 1.29 is 4.79 Å². The predicted molar refractivity (Wildman–Crippen MR) is 82.2 cm³/mol. The zero-order chi connectivity index (χ0) is 14.0. The molecule has 1 aromatic heterocycles. The Kier molecular flexibility index (Phi) is 4.55. The van der Waals surface area contributed by atoms with E-state index in [0.29, 0.717) is 28.0 Å². The third-order valence-corrected chi connectivity index (χ3v) is 3.43. The SMILES string of the molecule is CCn1cc(Br)cc1C(=O)Nc1cc(Cl)cc(Cl)c1. The van der Waals surface area contributed by atoms with Crippen LogP contribution in [0.15, 0.2) is 34.9 Å². The van der Waals surface area contributed by atoms with Gasteiger partial charge < -0.3 is 9.88 Å². The highest BCUT2D eigenvalue weighted by molar-refractivity contribution is 9.10. The number of hydrogen-bond donors (Lipinski definition) is 1. The highest BCUT2D eigenvalue weighted by atomic mass is 79.9. The number of aromatic nitrogens is 1. The summed E-state index contributed by atoms with van der Waals surface area (Å²) >= 11 is 15.1. The van der Waals surface area contributed by atoms with Crippen LogP contribution in [0, 0.1) is 0 Å². The molecule has 3 nitrogen and oxygen atoms in total. The third-order valence-electron chi connectivity index (χ3n) is 2.56. The average Bonchev–Trinajstić information content (AvgIpc) is 2.69. The number of anilines is 1. The molecule has 19 heavy (non-hydrogen) atoms. The van der Waals surface area contributed by atoms with Crippen molar-refractivity contribution in [2.24, 2.45) is 0 Å². The van der Waals surface area contributed by atoms with Crippen LogP contribution in [0.25, 0.3) is 0 Å². The van der Waals surface area contributed by atoms with Crippen LogP contribution >= 0.6 is 39.1 Å². The van der Waals surface area contributed by atoms with Crippen LogP contribution in [0.1, 0.15) is 17.4 Å². The molecule has 1 heterocycles. The fraction of sp³-hybridized carbons (Fsp3) is 0.154. The summed E-state index contributed by atoms with van der Waals surface area (Å²) < 4.78 is 2.72. The lowest BCUT2D eigenvalue weighted by molar-refractivity contribution is 0.101. The molecule has 0 atom stereocenters. The highest BCUT2D eigenvalue weighted by Gasteiger charge is 2.13. The Bertz CT molecular complexity index is 605. The van der Waals surface area contributed by atoms with Crippen molar-refractivity contribution in [3.05, 3.63) is 50.7 Å². The van der Waals surface area contributed by atoms with Crippen LogP contribution in [-0.4, -0.2) is 10.5 Å². The molecular formula is C13H11BrCl2N2O. The largest absolute Gasteiger partial charge is 0.343 e. The second kappa shape index (κ2) is 5.99. The fourth-order valence-electron chi connectivity index (χ4n) is 1.75. The van der Waals surface area contributed by atoms with Crippen molar-refractivity contribution in [3.8, 4) is 0 Å². The number of carbonyl (C=O) groups excluding carboxylic acids is 1. The topological polar surface area (TPSA) is 34.0 Å². The van der Waals surface area contributed by atoms with Crippen LogP contribution in [0.5, 0.6) is 0 Å². The Balaban J connectivity index is 2.25. The van der Waals surface area contributed by atoms with E-state index in [-0.39, 0.29) is 5.91 Å². The van der Waals surface area contributed by atoms with E-state index in [1.807, 2.05) is 17.7 Å². The number of rotatable bonds is 3. The van der Waals surface area contributed by atoms with Crippen molar-refractivity contribution in [2.45, 2.75) is 13.5 Å². The zero-order valence-corrected chi connectivity index (χ0v) is 13.2. The Morgan fingerprint density at radius 3 is 2.47 bits per heavy atom. The molecule has 1 aromatic carbocycles. The number of hydrogen-bond acceptors (Lipinski definition) is 1. The van der Waals surface area contributed by atoms with Gasteiger partial charge in [-0.1, -0.05) is 23.2 Å². The lowest BCUT2D eigenvalue weighted by Gasteiger charge is -2.08. The van der Waals surface area contributed by atoms with Gasteiger partial charge in [-0.3, -0.25) is 4.79 Å². The van der Waals surface area contributed by atoms with E-state index in [0.717, 1.165) is 4.47 Å². The molecule has 0 aliphatic rings. The van der Waals surface area contributed by atoms with Gasteiger partial charge in [0.2, 0.25) is 0 Å². The molecule has 0 unspecified atom stereocenters. The summed E-state index contributed by atoms with van der Waals surface area (Å²) in [7, 11) is 0. The molecule has 0 spiro atoms. The summed E-state index contributed by atoms with van der Waals surface area (Å²) in [6.07, 6.45) is 1.86. The molecule has 0 saturated heterocycles. The number of aryl methyl sites for hydroxylation is 1. The first-order valence-electron chi connectivity index (χ1n) is 5.62. The summed E-state index contributed by atoms with van der Waals surface area (Å²) in [4.78, 5) is 12.2. The van der Waals surface area contributed by atoms with Gasteiger partial charge in [-0.2, -0.15) is 0 Å². The number of nitrogens with one attached hydrogen (secondary N) is 1. The number of halogens is 3. The number of benzene rings is 1. The van der Waals surface area contributed by atoms with Crippen molar-refractivity contribution in [3.63, 3.8) is 0 Å². The standard InChI is InChI=1S/C13H11BrCl2N2O/c1-2-18-7-8(14)3-12(18)13(19)17-11-5-9(15)4-10(16)6-11/h3-7H,2H2,1H3,(H,17,19). The molecule has 0 saturated carbocycles. The molecule has 2 rings (SSSR count). The molecule has 0 fully saturated rings. The normalized spacial score (nSPS) is 10.5. The highest BCUT2D eigenvalue weighted by Crippen LogP contribution is 2.23. The molecule has 0 aliphatic heterocycles. The van der Waals surface area contributed by atoms with Gasteiger partial charge in [0.25, 0.3) is 5.91 Å². The van der Waals surface area contributed by atoms with Gasteiger partial charge in [0.1, 0.15) is 5.69 Å². The average molecular weight is 362 g/mol. The number of carbonyl (C=O) groups is 1. The zero-order valence-electron chi connectivity index (χ0n) is 10.1. The quantitative estimate of drug-likeness (QED) is 0.834. The van der Waals surface area contributed by atoms with Gasteiger partial charge in [-0.15, -0.1) is 0 Å². The van der Waals surface area contributed by atoms with Gasteiger partial charge in [0, 0.05) is 32.9 Å². The summed E-state index contributed by atoms with van der Waals surface area (Å²) in [5.41, 5.74) is 1.15. The second-order valence-corrected chi connectivity index (χ2v) is 5.73. The summed E-state index contributed by atoms with van der Waals surface area (Å²) in [5.74, 6) is -0.203. The molecule has 0 radical (unpaired) electrons. The van der Waals surface area contributed by atoms with E-state index in [4.69, 9.17) is 23.2 Å². The summed E-state index contributed by atoms with van der Waals surface area (Å²) in [5, 5.41) is 3.74. The lowest BCUT2D eigenvalue weighted by atomic mass is 10.3. The maximum absolute atomic E-state index is 12.2. The molecule has 2 aromatic rings. The van der Waals surface area contributed by atoms with Crippen LogP contribution in [0.3, 0.4) is 0 Å². The van der Waals surface area contributed by atoms with Gasteiger partial charge in [0.15, 0.2) is 0 Å². The van der Waals surface area contributed by atoms with E-state index < -0.39 is 0 Å². The number of nitrogens with zero attached hydrogens (tertiary/aromatic N) is 1. The van der Waals surface area contributed by atoms with Crippen LogP contribution < -0.4 is 5.32 Å². The van der Waals surface area contributed by atoms with Crippen molar-refractivity contribution >= 4 is 50.7 Å². The van der Waals surface area contributed by atoms with Gasteiger partial charge in [-0.05, 0) is 47.1 Å². The van der Waals surface area contributed by atoms with Gasteiger partial charge in [-0.25, -0.2) is 0 Å². The maximum atomic E-state index is 12.2. The van der Waals surface area contributed by atoms with Gasteiger partial charge in [0.05, 0.1) is 0 Å². The van der Waals surface area contributed by atoms with Crippen molar-refractivity contribution in [1.29, 1.82) is 0 Å². The molecule has 1 amide bonds. The number of amides is 1. The molecule has 0 aliphatic carbocycles. The molecule has 1 N–H and O–H groups in total. The van der Waals surface area contributed by atoms with Crippen LogP contribution in [-0.2, 0) is 6.54 Å². The van der Waals surface area contributed by atoms with Crippen molar-refractivity contribution in [2.75, 3.05) is 5.32 Å². The minimum absolute atomic E-state index is 0.203. The molecular weight excluding hydrogens is 351 g/mol. The Labute approximate surface area is 129 Å². The Morgan fingerprint density at radius 2 is 1.89 bits per heavy atom. The smallest absolute Gasteiger partial charge is 0.272 e. The molecule has 6 heteroatoms. The summed E-state index contributed by atoms with van der Waals surface area (Å²) in [6.45, 7) is 2.68. The van der Waals surface area contributed by atoms with E-state index in [1.165, 1.54) is 0 Å². The minimum atomic E-state index is -0.203. The monoisotopic (exact) mass is 360 g/mol. The molecule has 100 valence electrons. The van der Waals surface area contributed by atoms with Crippen LogP contribution in [0.4, 0.5) is 5.69 Å². The van der Waals surface area contributed by atoms with Gasteiger partial charge >= 0.3 is 0 Å². The predicted octanol–water partition coefficient (Wildman–Crippen LogP) is 4.83. The van der Waals surface area contributed by atoms with Crippen molar-refractivity contribution in [1.82, 2.24) is 4.57 Å². The first-order valence-corrected chi connectivity index (χ1v) is 7.17. The van der Waals surface area contributed by atoms with E-state index in [2.05, 4.69) is 21.2 Å². The van der Waals surface area contributed by atoms with E-state index >= 15 is 0 Å². The van der Waals surface area contributed by atoms with Crippen LogP contribution in [0.2, 0.25) is 10.0 Å². The third kappa shape index (κ3) is 3.53. The Morgan fingerprint density at radius 1 is 1.26 bits per heavy atom. The first-order chi connectivity index (χ1) is 8.99. The van der Waals surface area contributed by atoms with E-state index in [1.54, 1.807) is 24.3 Å². The maximum Gasteiger partial charge on any atom is 0.272 e. The second-order valence-electron chi connectivity index (χ2n) is 3.94. The fourth-order valence-corrected chi connectivity index (χ4v) is 2.74. The van der Waals surface area contributed by atoms with E-state index in [9.17, 15) is 4.79 Å². The Hall–Kier alpha value is -0.970. The first kappa shape index (κ1) is 14.4. The lowest BCUT2D eigenvalue weighted by Crippen LogP contribution is -2.16. The summed E-state index contributed by atoms with van der Waals surface area (Å²) in [6, 6.07) is 6.69.